The molecule has 2 aliphatic rings. The van der Waals surface area contributed by atoms with Crippen molar-refractivity contribution < 1.29 is 32.9 Å². The molecule has 1 heterocycles. The highest BCUT2D eigenvalue weighted by atomic mass is 19.1. The lowest BCUT2D eigenvalue weighted by Crippen LogP contribution is -2.55. The van der Waals surface area contributed by atoms with E-state index in [1.807, 2.05) is 115 Å². The minimum Gasteiger partial charge on any atom is -0.491 e. The summed E-state index contributed by atoms with van der Waals surface area (Å²) >= 11 is 0. The first kappa shape index (κ1) is 42.2. The van der Waals surface area contributed by atoms with Crippen LogP contribution in [0.25, 0.3) is 0 Å². The third-order valence-electron chi connectivity index (χ3n) is 12.4. The second kappa shape index (κ2) is 19.5. The molecule has 1 N–H and O–H groups in total. The van der Waals surface area contributed by atoms with Gasteiger partial charge in [-0.2, -0.15) is 0 Å². The van der Waals surface area contributed by atoms with Crippen LogP contribution in [0.3, 0.4) is 0 Å². The van der Waals surface area contributed by atoms with Gasteiger partial charge in [0.15, 0.2) is 11.6 Å². The lowest BCUT2D eigenvalue weighted by Gasteiger charge is -2.39. The van der Waals surface area contributed by atoms with Crippen LogP contribution in [0.15, 0.2) is 158 Å². The number of nitrogens with one attached hydrogen (secondary N) is 1. The number of carbonyl (C=O) groups excluding carboxylic acids is 2. The van der Waals surface area contributed by atoms with E-state index in [0.717, 1.165) is 47.9 Å². The van der Waals surface area contributed by atoms with Crippen LogP contribution in [0.5, 0.6) is 17.2 Å². The van der Waals surface area contributed by atoms with E-state index in [9.17, 15) is 9.59 Å². The van der Waals surface area contributed by atoms with Crippen molar-refractivity contribution >= 4 is 11.9 Å². The smallest absolute Gasteiger partial charge is 0.326 e. The summed E-state index contributed by atoms with van der Waals surface area (Å²) in [4.78, 5) is 28.8. The standard InChI is InChI=1S/C53H53FN2O6/c1-37(40-28-26-38(27-29-40)33-56-34-41-30-31-48(50(54)49(41)51(56)57)61-35-39-16-7-3-8-17-39)62-46-25-15-24-45(32-46)60-36-47(52(58)59-2)55-53(42-18-9-4-10-19-42,43-20-11-5-12-21-43)44-22-13-6-14-23-44/h3-25,30-32,37-38,40,47,55H,26-29,33-36H2,1-2H3/t37?,38-,40-,47-/m0/s1. The summed E-state index contributed by atoms with van der Waals surface area (Å²) in [6, 6.07) is 50.0. The van der Waals surface area contributed by atoms with Crippen molar-refractivity contribution in [1.29, 1.82) is 0 Å². The number of fused-ring (bicyclic) bond motifs is 1. The van der Waals surface area contributed by atoms with E-state index in [2.05, 4.69) is 48.6 Å². The maximum atomic E-state index is 15.6. The number of carbonyl (C=O) groups is 2. The number of methoxy groups -OCH3 is 1. The normalized spacial score (nSPS) is 17.1. The monoisotopic (exact) mass is 832 g/mol. The highest BCUT2D eigenvalue weighted by molar-refractivity contribution is 5.99. The van der Waals surface area contributed by atoms with Gasteiger partial charge in [0.1, 0.15) is 30.8 Å². The molecule has 0 radical (unpaired) electrons. The molecule has 8 nitrogen and oxygen atoms in total. The fraction of sp³-hybridized carbons (Fsp3) is 0.283. The summed E-state index contributed by atoms with van der Waals surface area (Å²) in [5.74, 6) is 0.724. The minimum atomic E-state index is -0.902. The largest absolute Gasteiger partial charge is 0.491 e. The van der Waals surface area contributed by atoms with Gasteiger partial charge in [0.25, 0.3) is 5.91 Å². The Balaban J connectivity index is 0.876. The predicted molar refractivity (Wildman–Crippen MR) is 238 cm³/mol. The third-order valence-corrected chi connectivity index (χ3v) is 12.4. The van der Waals surface area contributed by atoms with Gasteiger partial charge in [-0.15, -0.1) is 0 Å². The maximum Gasteiger partial charge on any atom is 0.326 e. The Labute approximate surface area is 363 Å². The number of rotatable bonds is 17. The predicted octanol–water partition coefficient (Wildman–Crippen LogP) is 10.1. The molecule has 1 aliphatic heterocycles. The Bertz CT molecular complexity index is 2310. The van der Waals surface area contributed by atoms with Crippen molar-refractivity contribution in [2.75, 3.05) is 20.3 Å². The van der Waals surface area contributed by atoms with Gasteiger partial charge >= 0.3 is 5.97 Å². The molecule has 62 heavy (non-hydrogen) atoms. The molecule has 0 saturated heterocycles. The van der Waals surface area contributed by atoms with Crippen LogP contribution >= 0.6 is 0 Å². The summed E-state index contributed by atoms with van der Waals surface area (Å²) in [5.41, 5.74) is 3.77. The molecule has 318 valence electrons. The van der Waals surface area contributed by atoms with Crippen molar-refractivity contribution in [2.45, 2.75) is 63.4 Å². The van der Waals surface area contributed by atoms with Gasteiger partial charge in [-0.3, -0.25) is 14.9 Å². The molecule has 6 aromatic rings. The molecule has 9 heteroatoms. The molecule has 0 bridgehead atoms. The lowest BCUT2D eigenvalue weighted by molar-refractivity contribution is -0.144. The fourth-order valence-electron chi connectivity index (χ4n) is 9.06. The molecule has 6 aromatic carbocycles. The first-order valence-electron chi connectivity index (χ1n) is 21.5. The number of esters is 1. The van der Waals surface area contributed by atoms with Crippen LogP contribution in [0.4, 0.5) is 4.39 Å². The number of nitrogens with zero attached hydrogens (tertiary/aromatic N) is 1. The maximum absolute atomic E-state index is 15.6. The van der Waals surface area contributed by atoms with Crippen LogP contribution in [0.1, 0.15) is 70.8 Å². The van der Waals surface area contributed by atoms with Gasteiger partial charge in [0, 0.05) is 19.2 Å². The van der Waals surface area contributed by atoms with E-state index in [0.29, 0.717) is 42.0 Å². The molecule has 1 amide bonds. The summed E-state index contributed by atoms with van der Waals surface area (Å²) in [6.45, 7) is 3.35. The number of amides is 1. The van der Waals surface area contributed by atoms with E-state index in [-0.39, 0.29) is 36.5 Å². The van der Waals surface area contributed by atoms with Crippen molar-refractivity contribution in [3.05, 3.63) is 197 Å². The number of halogens is 1. The second-order valence-electron chi connectivity index (χ2n) is 16.3. The van der Waals surface area contributed by atoms with Crippen LogP contribution in [-0.4, -0.2) is 49.2 Å². The zero-order chi connectivity index (χ0) is 42.9. The van der Waals surface area contributed by atoms with Crippen LogP contribution in [-0.2, 0) is 28.2 Å². The first-order chi connectivity index (χ1) is 30.3. The minimum absolute atomic E-state index is 0.00435. The summed E-state index contributed by atoms with van der Waals surface area (Å²) < 4.78 is 39.6. The van der Waals surface area contributed by atoms with Gasteiger partial charge in [-0.25, -0.2) is 4.39 Å². The lowest BCUT2D eigenvalue weighted by atomic mass is 9.76. The molecule has 0 aromatic heterocycles. The average molecular weight is 833 g/mol. The van der Waals surface area contributed by atoms with Gasteiger partial charge in [0.2, 0.25) is 0 Å². The van der Waals surface area contributed by atoms with Crippen molar-refractivity contribution in [3.63, 3.8) is 0 Å². The van der Waals surface area contributed by atoms with E-state index >= 15 is 4.39 Å². The van der Waals surface area contributed by atoms with E-state index in [1.54, 1.807) is 11.0 Å². The molecule has 1 fully saturated rings. The SMILES string of the molecule is COC(=O)[C@H](COc1cccc(OC(C)[C@H]2CC[C@H](CN3Cc4ccc(OCc5ccccc5)c(F)c4C3=O)CC2)c1)NC(c1ccccc1)(c1ccccc1)c1ccccc1. The Morgan fingerprint density at radius 2 is 1.32 bits per heavy atom. The van der Waals surface area contributed by atoms with Crippen LogP contribution in [0.2, 0.25) is 0 Å². The molecule has 8 rings (SSSR count). The van der Waals surface area contributed by atoms with Gasteiger partial charge in [0.05, 0.1) is 24.3 Å². The van der Waals surface area contributed by atoms with Crippen molar-refractivity contribution in [1.82, 2.24) is 10.2 Å². The number of hydrogen-bond acceptors (Lipinski definition) is 7. The Morgan fingerprint density at radius 1 is 0.742 bits per heavy atom. The molecule has 0 spiro atoms. The molecule has 1 aliphatic carbocycles. The fourth-order valence-corrected chi connectivity index (χ4v) is 9.06. The quantitative estimate of drug-likeness (QED) is 0.0724. The van der Waals surface area contributed by atoms with Gasteiger partial charge in [-0.05, 0) is 90.5 Å². The van der Waals surface area contributed by atoms with E-state index in [1.165, 1.54) is 7.11 Å². The topological polar surface area (TPSA) is 86.3 Å². The zero-order valence-corrected chi connectivity index (χ0v) is 35.3. The Hall–Kier alpha value is -6.45. The van der Waals surface area contributed by atoms with Crippen LogP contribution < -0.4 is 19.5 Å². The zero-order valence-electron chi connectivity index (χ0n) is 35.3. The Morgan fingerprint density at radius 3 is 1.92 bits per heavy atom. The average Bonchev–Trinajstić information content (AvgIpc) is 3.64. The highest BCUT2D eigenvalue weighted by Crippen LogP contribution is 2.39. The van der Waals surface area contributed by atoms with E-state index in [4.69, 9.17) is 18.9 Å². The van der Waals surface area contributed by atoms with E-state index < -0.39 is 23.4 Å². The summed E-state index contributed by atoms with van der Waals surface area (Å²) in [6.07, 6.45) is 3.77. The number of hydrogen-bond donors (Lipinski definition) is 1. The Kier molecular flexibility index (Phi) is 13.3. The molecular formula is C53H53FN2O6. The summed E-state index contributed by atoms with van der Waals surface area (Å²) in [7, 11) is 1.39. The second-order valence-corrected chi connectivity index (χ2v) is 16.3. The first-order valence-corrected chi connectivity index (χ1v) is 21.5. The van der Waals surface area contributed by atoms with Gasteiger partial charge < -0.3 is 23.8 Å². The number of benzene rings is 6. The number of ether oxygens (including phenoxy) is 4. The van der Waals surface area contributed by atoms with Crippen molar-refractivity contribution in [2.24, 2.45) is 11.8 Å². The molecule has 1 saturated carbocycles. The van der Waals surface area contributed by atoms with Crippen molar-refractivity contribution in [3.8, 4) is 17.2 Å². The molecular weight excluding hydrogens is 780 g/mol. The molecule has 1 unspecified atom stereocenters. The highest BCUT2D eigenvalue weighted by Gasteiger charge is 2.41. The summed E-state index contributed by atoms with van der Waals surface area (Å²) in [5, 5.41) is 3.70. The van der Waals surface area contributed by atoms with Gasteiger partial charge in [-0.1, -0.05) is 133 Å². The third kappa shape index (κ3) is 9.38. The molecule has 2 atom stereocenters. The van der Waals surface area contributed by atoms with Crippen LogP contribution in [0, 0.1) is 17.7 Å².